The van der Waals surface area contributed by atoms with Gasteiger partial charge in [0.2, 0.25) is 11.8 Å². The van der Waals surface area contributed by atoms with Gasteiger partial charge in [-0.1, -0.05) is 18.6 Å². The molecule has 2 amide bonds. The predicted octanol–water partition coefficient (Wildman–Crippen LogP) is 1.18. The summed E-state index contributed by atoms with van der Waals surface area (Å²) in [6.45, 7) is 10.7. The largest absolute Gasteiger partial charge is 0.340 e. The SMILES string of the molecule is C=CCN(CC=C)C(=O)CC1NCCN(CC2CCC2)C1=O. The second-order valence-electron chi connectivity index (χ2n) is 6.17. The number of nitrogens with zero attached hydrogens (tertiary/aromatic N) is 2. The normalized spacial score (nSPS) is 22.1. The van der Waals surface area contributed by atoms with E-state index < -0.39 is 6.04 Å². The van der Waals surface area contributed by atoms with E-state index in [1.807, 2.05) is 4.90 Å². The highest BCUT2D eigenvalue weighted by Crippen LogP contribution is 2.27. The Kier molecular flexibility index (Phi) is 6.19. The first-order chi connectivity index (χ1) is 10.7. The third kappa shape index (κ3) is 4.19. The summed E-state index contributed by atoms with van der Waals surface area (Å²) in [4.78, 5) is 28.5. The summed E-state index contributed by atoms with van der Waals surface area (Å²) in [6, 6.07) is -0.390. The zero-order valence-corrected chi connectivity index (χ0v) is 13.3. The van der Waals surface area contributed by atoms with Crippen molar-refractivity contribution in [1.29, 1.82) is 0 Å². The molecule has 1 heterocycles. The molecule has 0 aromatic heterocycles. The summed E-state index contributed by atoms with van der Waals surface area (Å²) in [5.74, 6) is 0.705. The van der Waals surface area contributed by atoms with Gasteiger partial charge in [-0.15, -0.1) is 13.2 Å². The molecule has 1 N–H and O–H groups in total. The minimum Gasteiger partial charge on any atom is -0.340 e. The molecule has 0 spiro atoms. The highest BCUT2D eigenvalue weighted by atomic mass is 16.2. The molecule has 1 saturated carbocycles. The second kappa shape index (κ2) is 8.13. The molecule has 2 aliphatic rings. The summed E-state index contributed by atoms with van der Waals surface area (Å²) in [5.41, 5.74) is 0. The molecule has 22 heavy (non-hydrogen) atoms. The molecule has 0 bridgehead atoms. The van der Waals surface area contributed by atoms with Crippen LogP contribution in [0.4, 0.5) is 0 Å². The lowest BCUT2D eigenvalue weighted by Gasteiger charge is -2.38. The molecule has 2 fully saturated rings. The van der Waals surface area contributed by atoms with Crippen LogP contribution in [0.25, 0.3) is 0 Å². The Morgan fingerprint density at radius 2 is 2.00 bits per heavy atom. The number of amides is 2. The summed E-state index contributed by atoms with van der Waals surface area (Å²) in [6.07, 6.45) is 7.34. The molecule has 0 radical (unpaired) electrons. The third-order valence-electron chi connectivity index (χ3n) is 4.52. The maximum Gasteiger partial charge on any atom is 0.240 e. The van der Waals surface area contributed by atoms with Gasteiger partial charge in [0.1, 0.15) is 0 Å². The Hall–Kier alpha value is -1.62. The quantitative estimate of drug-likeness (QED) is 0.685. The molecule has 0 aromatic carbocycles. The van der Waals surface area contributed by atoms with Crippen molar-refractivity contribution in [3.8, 4) is 0 Å². The van der Waals surface area contributed by atoms with Crippen LogP contribution in [0.1, 0.15) is 25.7 Å². The van der Waals surface area contributed by atoms with Gasteiger partial charge in [-0.3, -0.25) is 9.59 Å². The number of rotatable bonds is 8. The van der Waals surface area contributed by atoms with Crippen LogP contribution in [0.3, 0.4) is 0 Å². The van der Waals surface area contributed by atoms with Gasteiger partial charge in [0.25, 0.3) is 0 Å². The van der Waals surface area contributed by atoms with E-state index in [1.165, 1.54) is 19.3 Å². The third-order valence-corrected chi connectivity index (χ3v) is 4.52. The van der Waals surface area contributed by atoms with Gasteiger partial charge in [-0.25, -0.2) is 0 Å². The van der Waals surface area contributed by atoms with Crippen LogP contribution < -0.4 is 5.32 Å². The molecule has 1 atom stereocenters. The van der Waals surface area contributed by atoms with Crippen molar-refractivity contribution in [2.75, 3.05) is 32.7 Å². The standard InChI is InChI=1S/C17H27N3O2/c1-3-9-19(10-4-2)16(21)12-15-17(22)20(11-8-18-15)13-14-6-5-7-14/h3-4,14-15,18H,1-2,5-13H2. The van der Waals surface area contributed by atoms with Crippen LogP contribution in [-0.4, -0.2) is 60.4 Å². The van der Waals surface area contributed by atoms with Crippen LogP contribution in [0, 0.1) is 5.92 Å². The van der Waals surface area contributed by atoms with Crippen molar-refractivity contribution < 1.29 is 9.59 Å². The molecule has 122 valence electrons. The highest BCUT2D eigenvalue weighted by molar-refractivity contribution is 5.89. The maximum atomic E-state index is 12.5. The lowest BCUT2D eigenvalue weighted by molar-refractivity contribution is -0.141. The van der Waals surface area contributed by atoms with E-state index in [4.69, 9.17) is 0 Å². The van der Waals surface area contributed by atoms with Crippen molar-refractivity contribution in [2.24, 2.45) is 5.92 Å². The summed E-state index contributed by atoms with van der Waals surface area (Å²) >= 11 is 0. The molecular weight excluding hydrogens is 278 g/mol. The minimum absolute atomic E-state index is 0.0313. The number of hydrogen-bond donors (Lipinski definition) is 1. The van der Waals surface area contributed by atoms with Gasteiger partial charge in [0, 0.05) is 32.7 Å². The van der Waals surface area contributed by atoms with Crippen molar-refractivity contribution >= 4 is 11.8 Å². The lowest BCUT2D eigenvalue weighted by atomic mass is 9.85. The smallest absolute Gasteiger partial charge is 0.240 e. The lowest BCUT2D eigenvalue weighted by Crippen LogP contribution is -2.57. The van der Waals surface area contributed by atoms with Gasteiger partial charge in [-0.05, 0) is 18.8 Å². The van der Waals surface area contributed by atoms with Crippen LogP contribution in [0.2, 0.25) is 0 Å². The van der Waals surface area contributed by atoms with Crippen molar-refractivity contribution in [2.45, 2.75) is 31.7 Å². The Morgan fingerprint density at radius 1 is 1.32 bits per heavy atom. The zero-order chi connectivity index (χ0) is 15.9. The maximum absolute atomic E-state index is 12.5. The molecule has 0 aromatic rings. The molecule has 5 nitrogen and oxygen atoms in total. The van der Waals surface area contributed by atoms with Crippen molar-refractivity contribution in [3.05, 3.63) is 25.3 Å². The molecular formula is C17H27N3O2. The zero-order valence-electron chi connectivity index (χ0n) is 13.3. The van der Waals surface area contributed by atoms with Crippen LogP contribution >= 0.6 is 0 Å². The van der Waals surface area contributed by atoms with Crippen molar-refractivity contribution in [3.63, 3.8) is 0 Å². The van der Waals surface area contributed by atoms with Crippen LogP contribution in [0.5, 0.6) is 0 Å². The first-order valence-corrected chi connectivity index (χ1v) is 8.17. The van der Waals surface area contributed by atoms with Gasteiger partial charge < -0.3 is 15.1 Å². The van der Waals surface area contributed by atoms with E-state index in [9.17, 15) is 9.59 Å². The van der Waals surface area contributed by atoms with Gasteiger partial charge >= 0.3 is 0 Å². The molecule has 2 rings (SSSR count). The number of piperazine rings is 1. The number of carbonyl (C=O) groups is 2. The Labute approximate surface area is 133 Å². The molecule has 1 aliphatic carbocycles. The van der Waals surface area contributed by atoms with E-state index in [0.717, 1.165) is 19.6 Å². The first kappa shape index (κ1) is 16.7. The minimum atomic E-state index is -0.390. The molecule has 5 heteroatoms. The molecule has 1 unspecified atom stereocenters. The average molecular weight is 305 g/mol. The van der Waals surface area contributed by atoms with Gasteiger partial charge in [-0.2, -0.15) is 0 Å². The first-order valence-electron chi connectivity index (χ1n) is 8.17. The predicted molar refractivity (Wildman–Crippen MR) is 87.3 cm³/mol. The highest BCUT2D eigenvalue weighted by Gasteiger charge is 2.33. The summed E-state index contributed by atoms with van der Waals surface area (Å²) in [7, 11) is 0. The van der Waals surface area contributed by atoms with E-state index in [0.29, 0.717) is 19.0 Å². The molecule has 1 aliphatic heterocycles. The Balaban J connectivity index is 1.89. The van der Waals surface area contributed by atoms with E-state index >= 15 is 0 Å². The number of carbonyl (C=O) groups excluding carboxylic acids is 2. The topological polar surface area (TPSA) is 52.7 Å². The summed E-state index contributed by atoms with van der Waals surface area (Å²) in [5, 5.41) is 3.19. The number of nitrogens with one attached hydrogen (secondary N) is 1. The fourth-order valence-corrected chi connectivity index (χ4v) is 3.01. The molecule has 1 saturated heterocycles. The van der Waals surface area contributed by atoms with E-state index in [2.05, 4.69) is 18.5 Å². The van der Waals surface area contributed by atoms with Crippen molar-refractivity contribution in [1.82, 2.24) is 15.1 Å². The fraction of sp³-hybridized carbons (Fsp3) is 0.647. The van der Waals surface area contributed by atoms with E-state index in [1.54, 1.807) is 17.1 Å². The Morgan fingerprint density at radius 3 is 2.55 bits per heavy atom. The average Bonchev–Trinajstić information content (AvgIpc) is 2.46. The van der Waals surface area contributed by atoms with E-state index in [-0.39, 0.29) is 18.2 Å². The second-order valence-corrected chi connectivity index (χ2v) is 6.17. The van der Waals surface area contributed by atoms with Gasteiger partial charge in [0.15, 0.2) is 0 Å². The van der Waals surface area contributed by atoms with Gasteiger partial charge in [0.05, 0.1) is 12.5 Å². The number of hydrogen-bond acceptors (Lipinski definition) is 3. The van der Waals surface area contributed by atoms with Crippen LogP contribution in [-0.2, 0) is 9.59 Å². The Bertz CT molecular complexity index is 422. The van der Waals surface area contributed by atoms with Crippen LogP contribution in [0.15, 0.2) is 25.3 Å². The monoisotopic (exact) mass is 305 g/mol. The summed E-state index contributed by atoms with van der Waals surface area (Å²) < 4.78 is 0. The fourth-order valence-electron chi connectivity index (χ4n) is 3.01.